The van der Waals surface area contributed by atoms with Gasteiger partial charge in [-0.05, 0) is 48.7 Å². The molecule has 0 radical (unpaired) electrons. The minimum absolute atomic E-state index is 0.0587. The van der Waals surface area contributed by atoms with Crippen LogP contribution in [-0.4, -0.2) is 95.4 Å². The van der Waals surface area contributed by atoms with Gasteiger partial charge < -0.3 is 9.47 Å². The minimum atomic E-state index is -4.25. The van der Waals surface area contributed by atoms with Gasteiger partial charge in [0.15, 0.2) is 17.9 Å². The van der Waals surface area contributed by atoms with Crippen LogP contribution in [0.2, 0.25) is 0 Å². The summed E-state index contributed by atoms with van der Waals surface area (Å²) in [6.07, 6.45) is 1.59. The van der Waals surface area contributed by atoms with Crippen LogP contribution in [0.3, 0.4) is 0 Å². The van der Waals surface area contributed by atoms with E-state index in [4.69, 9.17) is 14.3 Å². The first kappa shape index (κ1) is 29.8. The summed E-state index contributed by atoms with van der Waals surface area (Å²) < 4.78 is 80.6. The fraction of sp³-hybridized carbons (Fsp3) is 0.522. The number of hydrogen-bond acceptors (Lipinski definition) is 9. The van der Waals surface area contributed by atoms with E-state index < -0.39 is 50.8 Å². The van der Waals surface area contributed by atoms with Gasteiger partial charge in [-0.2, -0.15) is 21.3 Å². The number of hydrogen-bond donors (Lipinski definition) is 1. The van der Waals surface area contributed by atoms with Crippen molar-refractivity contribution in [3.8, 4) is 16.2 Å². The summed E-state index contributed by atoms with van der Waals surface area (Å²) in [5.41, 5.74) is 2.73. The molecular formula is C23H31FN4O8S3. The van der Waals surface area contributed by atoms with Crippen LogP contribution in [0.5, 0.6) is 5.75 Å². The van der Waals surface area contributed by atoms with Crippen LogP contribution < -0.4 is 10.2 Å². The predicted octanol–water partition coefficient (Wildman–Crippen LogP) is 1.62. The van der Waals surface area contributed by atoms with Crippen LogP contribution in [0.25, 0.3) is 10.4 Å². The summed E-state index contributed by atoms with van der Waals surface area (Å²) in [7, 11) is -4.12. The molecule has 2 fully saturated rings. The maximum atomic E-state index is 14.2. The molecular weight excluding hydrogens is 575 g/mol. The smallest absolute Gasteiger partial charge is 0.281 e. The van der Waals surface area contributed by atoms with Crippen molar-refractivity contribution >= 4 is 37.5 Å². The third-order valence-corrected chi connectivity index (χ3v) is 11.8. The number of nitrogens with one attached hydrogen (secondary N) is 1. The first-order chi connectivity index (χ1) is 18.4. The lowest BCUT2D eigenvalue weighted by molar-refractivity contribution is -0.202. The van der Waals surface area contributed by atoms with Crippen molar-refractivity contribution in [1.29, 1.82) is 0 Å². The first-order valence-corrected chi connectivity index (χ1v) is 15.8. The normalized spacial score (nSPS) is 21.7. The SMILES string of the molecule is COc1ccc(-c2ccc(S(=O)(=O)N3CCN(S(=O)(=O)N(C)C)CC3C(=O)NOC3CCCCO3)s2)cc1F. The van der Waals surface area contributed by atoms with Crippen molar-refractivity contribution in [3.63, 3.8) is 0 Å². The molecule has 1 aromatic carbocycles. The number of sulfonamides is 1. The molecule has 2 aromatic rings. The van der Waals surface area contributed by atoms with E-state index in [2.05, 4.69) is 5.48 Å². The van der Waals surface area contributed by atoms with Crippen molar-refractivity contribution in [3.05, 3.63) is 36.1 Å². The monoisotopic (exact) mass is 606 g/mol. The number of benzene rings is 1. The molecule has 2 saturated heterocycles. The van der Waals surface area contributed by atoms with E-state index in [0.717, 1.165) is 37.1 Å². The Bertz CT molecular complexity index is 1390. The number of carbonyl (C=O) groups excluding carboxylic acids is 1. The van der Waals surface area contributed by atoms with E-state index in [1.54, 1.807) is 12.1 Å². The van der Waals surface area contributed by atoms with E-state index in [9.17, 15) is 26.0 Å². The zero-order valence-electron chi connectivity index (χ0n) is 21.7. The lowest BCUT2D eigenvalue weighted by Gasteiger charge is -2.39. The minimum Gasteiger partial charge on any atom is -0.494 e. The highest BCUT2D eigenvalue weighted by atomic mass is 32.2. The zero-order valence-corrected chi connectivity index (χ0v) is 24.2. The average Bonchev–Trinajstić information content (AvgIpc) is 3.43. The Kier molecular flexibility index (Phi) is 9.27. The van der Waals surface area contributed by atoms with E-state index in [1.807, 2.05) is 0 Å². The summed E-state index contributed by atoms with van der Waals surface area (Å²) in [6.45, 7) is -0.365. The summed E-state index contributed by atoms with van der Waals surface area (Å²) in [5.74, 6) is -1.35. The van der Waals surface area contributed by atoms with Crippen LogP contribution in [0.1, 0.15) is 19.3 Å². The van der Waals surface area contributed by atoms with Crippen molar-refractivity contribution in [2.45, 2.75) is 35.8 Å². The molecule has 2 unspecified atom stereocenters. The number of amides is 1. The van der Waals surface area contributed by atoms with Gasteiger partial charge in [0.1, 0.15) is 10.3 Å². The third kappa shape index (κ3) is 6.43. The molecule has 1 aromatic heterocycles. The van der Waals surface area contributed by atoms with E-state index in [0.29, 0.717) is 23.5 Å². The standard InChI is InChI=1S/C23H31FN4O8S3/c1-26(2)39(32,33)27-11-12-28(18(15-27)23(29)25-36-21-6-4-5-13-35-21)38(30,31)22-10-9-20(37-22)16-7-8-19(34-3)17(24)14-16/h7-10,14,18,21H,4-6,11-13,15H2,1-3H3,(H,25,29). The molecule has 2 aliphatic heterocycles. The summed E-state index contributed by atoms with van der Waals surface area (Å²) >= 11 is 0.910. The Morgan fingerprint density at radius 2 is 1.92 bits per heavy atom. The van der Waals surface area contributed by atoms with Gasteiger partial charge in [0.05, 0.1) is 7.11 Å². The molecule has 1 N–H and O–H groups in total. The van der Waals surface area contributed by atoms with Gasteiger partial charge in [-0.25, -0.2) is 23.1 Å². The summed E-state index contributed by atoms with van der Waals surface area (Å²) in [6, 6.07) is 5.81. The maximum Gasteiger partial charge on any atom is 0.281 e. The number of nitrogens with zero attached hydrogens (tertiary/aromatic N) is 3. The van der Waals surface area contributed by atoms with Gasteiger partial charge in [0.2, 0.25) is 0 Å². The number of hydroxylamine groups is 1. The maximum absolute atomic E-state index is 14.2. The van der Waals surface area contributed by atoms with Crippen LogP contribution in [0.15, 0.2) is 34.5 Å². The molecule has 12 nitrogen and oxygen atoms in total. The highest BCUT2D eigenvalue weighted by Gasteiger charge is 2.44. The summed E-state index contributed by atoms with van der Waals surface area (Å²) in [4.78, 5) is 19.1. The predicted molar refractivity (Wildman–Crippen MR) is 141 cm³/mol. The summed E-state index contributed by atoms with van der Waals surface area (Å²) in [5, 5.41) is 0. The molecule has 0 saturated carbocycles. The van der Waals surface area contributed by atoms with Crippen molar-refractivity contribution in [2.75, 3.05) is 47.4 Å². The fourth-order valence-corrected chi connectivity index (χ4v) is 8.33. The molecule has 0 spiro atoms. The van der Waals surface area contributed by atoms with Gasteiger partial charge in [0.25, 0.3) is 26.1 Å². The Balaban J connectivity index is 1.60. The second-order valence-electron chi connectivity index (χ2n) is 9.13. The first-order valence-electron chi connectivity index (χ1n) is 12.2. The van der Waals surface area contributed by atoms with Crippen LogP contribution in [0, 0.1) is 5.82 Å². The second kappa shape index (κ2) is 12.1. The van der Waals surface area contributed by atoms with E-state index in [-0.39, 0.29) is 23.0 Å². The molecule has 0 bridgehead atoms. The number of carbonyl (C=O) groups is 1. The highest BCUT2D eigenvalue weighted by molar-refractivity contribution is 7.91. The quantitative estimate of drug-likeness (QED) is 0.426. The topological polar surface area (TPSA) is 135 Å². The van der Waals surface area contributed by atoms with Crippen LogP contribution in [0.4, 0.5) is 4.39 Å². The molecule has 216 valence electrons. The third-order valence-electron chi connectivity index (χ3n) is 6.39. The Hall–Kier alpha value is -2.18. The number of piperazine rings is 1. The van der Waals surface area contributed by atoms with Crippen LogP contribution >= 0.6 is 11.3 Å². The number of methoxy groups -OCH3 is 1. The number of ether oxygens (including phenoxy) is 2. The highest BCUT2D eigenvalue weighted by Crippen LogP contribution is 2.35. The lowest BCUT2D eigenvalue weighted by Crippen LogP contribution is -2.62. The van der Waals surface area contributed by atoms with E-state index >= 15 is 0 Å². The average molecular weight is 607 g/mol. The number of rotatable bonds is 9. The van der Waals surface area contributed by atoms with Gasteiger partial charge >= 0.3 is 0 Å². The van der Waals surface area contributed by atoms with Gasteiger partial charge in [-0.3, -0.25) is 4.79 Å². The zero-order chi connectivity index (χ0) is 28.4. The van der Waals surface area contributed by atoms with Crippen molar-refractivity contribution < 1.29 is 40.3 Å². The molecule has 4 rings (SSSR count). The second-order valence-corrected chi connectivity index (χ2v) is 14.5. The van der Waals surface area contributed by atoms with Crippen LogP contribution in [-0.2, 0) is 34.6 Å². The molecule has 16 heteroatoms. The number of thiophene rings is 1. The molecule has 39 heavy (non-hydrogen) atoms. The largest absolute Gasteiger partial charge is 0.494 e. The molecule has 0 aliphatic carbocycles. The Morgan fingerprint density at radius 3 is 2.56 bits per heavy atom. The lowest BCUT2D eigenvalue weighted by atomic mass is 10.2. The Morgan fingerprint density at radius 1 is 1.15 bits per heavy atom. The Labute approximate surface area is 231 Å². The fourth-order valence-electron chi connectivity index (χ4n) is 4.23. The van der Waals surface area contributed by atoms with E-state index in [1.165, 1.54) is 39.4 Å². The van der Waals surface area contributed by atoms with Crippen molar-refractivity contribution in [1.82, 2.24) is 18.4 Å². The molecule has 2 atom stereocenters. The van der Waals surface area contributed by atoms with Crippen molar-refractivity contribution in [2.24, 2.45) is 0 Å². The molecule has 2 aliphatic rings. The van der Waals surface area contributed by atoms with Gasteiger partial charge in [-0.1, -0.05) is 0 Å². The molecule has 1 amide bonds. The number of halogens is 1. The molecule has 3 heterocycles. The van der Waals surface area contributed by atoms with Gasteiger partial charge in [0, 0.05) is 51.6 Å². The van der Waals surface area contributed by atoms with Gasteiger partial charge in [-0.15, -0.1) is 11.3 Å².